The Hall–Kier alpha value is -3.49. The summed E-state index contributed by atoms with van der Waals surface area (Å²) in [4.78, 5) is 40.2. The van der Waals surface area contributed by atoms with Gasteiger partial charge < -0.3 is 20.4 Å². The maximum absolute atomic E-state index is 14.8. The lowest BCUT2D eigenvalue weighted by atomic mass is 9.96. The van der Waals surface area contributed by atoms with Crippen LogP contribution in [0.2, 0.25) is 0 Å². The molecule has 2 fully saturated rings. The molecule has 3 atom stereocenters. The highest BCUT2D eigenvalue weighted by atomic mass is 19.1. The number of halogens is 2. The molecule has 1 aliphatic heterocycles. The minimum Gasteiger partial charge on any atom is -0.343 e. The Morgan fingerprint density at radius 2 is 1.80 bits per heavy atom. The Morgan fingerprint density at radius 1 is 1.09 bits per heavy atom. The van der Waals surface area contributed by atoms with Gasteiger partial charge in [0.25, 0.3) is 0 Å². The predicted molar refractivity (Wildman–Crippen MR) is 127 cm³/mol. The molecule has 1 aliphatic carbocycles. The number of hydrogen-bond donors (Lipinski definition) is 2. The summed E-state index contributed by atoms with van der Waals surface area (Å²) >= 11 is 0. The van der Waals surface area contributed by atoms with Crippen molar-refractivity contribution in [2.75, 3.05) is 27.2 Å². The molecule has 2 aromatic carbocycles. The summed E-state index contributed by atoms with van der Waals surface area (Å²) in [5.41, 5.74) is 1.99. The molecule has 1 saturated heterocycles. The summed E-state index contributed by atoms with van der Waals surface area (Å²) in [7, 11) is 3.07. The molecule has 2 aliphatic rings. The van der Waals surface area contributed by atoms with Gasteiger partial charge in [0.05, 0.1) is 19.1 Å². The lowest BCUT2D eigenvalue weighted by Crippen LogP contribution is -2.50. The molecule has 35 heavy (non-hydrogen) atoms. The Morgan fingerprint density at radius 3 is 2.43 bits per heavy atom. The molecule has 4 amide bonds. The van der Waals surface area contributed by atoms with E-state index in [9.17, 15) is 23.2 Å². The quantitative estimate of drug-likeness (QED) is 0.634. The number of benzene rings is 2. The van der Waals surface area contributed by atoms with E-state index in [2.05, 4.69) is 10.6 Å². The lowest BCUT2D eigenvalue weighted by molar-refractivity contribution is -0.137. The normalized spacial score (nSPS) is 20.3. The number of nitrogens with zero attached hydrogens (tertiary/aromatic N) is 2. The van der Waals surface area contributed by atoms with E-state index in [0.717, 1.165) is 23.3 Å². The van der Waals surface area contributed by atoms with Crippen molar-refractivity contribution in [3.05, 3.63) is 71.0 Å². The summed E-state index contributed by atoms with van der Waals surface area (Å²) in [6.45, 7) is -0.570. The van der Waals surface area contributed by atoms with Crippen LogP contribution in [0.1, 0.15) is 47.9 Å². The van der Waals surface area contributed by atoms with E-state index in [1.165, 1.54) is 25.1 Å². The van der Waals surface area contributed by atoms with Crippen molar-refractivity contribution >= 4 is 17.8 Å². The number of likely N-dealkylation sites (tertiary alicyclic amines) is 1. The van der Waals surface area contributed by atoms with Crippen LogP contribution in [-0.2, 0) is 9.59 Å². The van der Waals surface area contributed by atoms with Gasteiger partial charge in [0, 0.05) is 20.5 Å². The zero-order valence-electron chi connectivity index (χ0n) is 19.8. The van der Waals surface area contributed by atoms with Crippen molar-refractivity contribution in [3.8, 4) is 0 Å². The highest BCUT2D eigenvalue weighted by Crippen LogP contribution is 2.41. The second kappa shape index (κ2) is 10.4. The third kappa shape index (κ3) is 5.78. The largest absolute Gasteiger partial charge is 0.343 e. The van der Waals surface area contributed by atoms with E-state index in [0.29, 0.717) is 11.1 Å². The fraction of sp³-hybridized carbons (Fsp3) is 0.423. The summed E-state index contributed by atoms with van der Waals surface area (Å²) in [6.07, 6.45) is 0.445. The van der Waals surface area contributed by atoms with Gasteiger partial charge in [-0.1, -0.05) is 42.5 Å². The first kappa shape index (κ1) is 24.6. The molecule has 1 saturated carbocycles. The van der Waals surface area contributed by atoms with Crippen LogP contribution < -0.4 is 10.6 Å². The number of hydrogen-bond acceptors (Lipinski definition) is 3. The summed E-state index contributed by atoms with van der Waals surface area (Å²) < 4.78 is 29.1. The molecule has 186 valence electrons. The van der Waals surface area contributed by atoms with Crippen molar-refractivity contribution in [2.45, 2.75) is 43.4 Å². The van der Waals surface area contributed by atoms with E-state index < -0.39 is 36.1 Å². The Labute approximate surface area is 203 Å². The average Bonchev–Trinajstić information content (AvgIpc) is 3.61. The number of carbonyl (C=O) groups is 3. The molecule has 9 heteroatoms. The second-order valence-corrected chi connectivity index (χ2v) is 9.36. The maximum Gasteiger partial charge on any atom is 0.317 e. The van der Waals surface area contributed by atoms with Crippen molar-refractivity contribution < 1.29 is 23.2 Å². The number of rotatable bonds is 7. The molecule has 1 heterocycles. The SMILES string of the molecule is CN(C)C(=O)NCC(=O)N1C[C@H](F)C[C@H]1C(=O)N[C@@H](c1ccccc1)c1ccc(C2CC2)c(F)c1. The van der Waals surface area contributed by atoms with Gasteiger partial charge in [0.1, 0.15) is 18.0 Å². The monoisotopic (exact) mass is 484 g/mol. The molecule has 0 aromatic heterocycles. The molecular weight excluding hydrogens is 454 g/mol. The highest BCUT2D eigenvalue weighted by Gasteiger charge is 2.40. The van der Waals surface area contributed by atoms with Crippen LogP contribution in [-0.4, -0.2) is 67.0 Å². The molecule has 0 bridgehead atoms. The van der Waals surface area contributed by atoms with Crippen molar-refractivity contribution in [1.29, 1.82) is 0 Å². The number of urea groups is 1. The topological polar surface area (TPSA) is 81.8 Å². The first-order valence-electron chi connectivity index (χ1n) is 11.8. The number of alkyl halides is 1. The van der Waals surface area contributed by atoms with Crippen molar-refractivity contribution in [2.24, 2.45) is 0 Å². The smallest absolute Gasteiger partial charge is 0.317 e. The highest BCUT2D eigenvalue weighted by molar-refractivity contribution is 5.91. The zero-order valence-corrected chi connectivity index (χ0v) is 19.8. The van der Waals surface area contributed by atoms with E-state index in [1.807, 2.05) is 30.3 Å². The molecule has 2 N–H and O–H groups in total. The number of nitrogens with one attached hydrogen (secondary N) is 2. The van der Waals surface area contributed by atoms with Gasteiger partial charge in [-0.25, -0.2) is 13.6 Å². The average molecular weight is 485 g/mol. The van der Waals surface area contributed by atoms with Crippen LogP contribution in [0, 0.1) is 5.82 Å². The Kier molecular flexibility index (Phi) is 7.33. The third-order valence-corrected chi connectivity index (χ3v) is 6.46. The van der Waals surface area contributed by atoms with Crippen LogP contribution in [0.15, 0.2) is 48.5 Å². The van der Waals surface area contributed by atoms with Crippen LogP contribution in [0.3, 0.4) is 0 Å². The van der Waals surface area contributed by atoms with Crippen molar-refractivity contribution in [1.82, 2.24) is 20.4 Å². The van der Waals surface area contributed by atoms with Gasteiger partial charge in [-0.15, -0.1) is 0 Å². The van der Waals surface area contributed by atoms with Gasteiger partial charge >= 0.3 is 6.03 Å². The maximum atomic E-state index is 14.8. The summed E-state index contributed by atoms with van der Waals surface area (Å²) in [5, 5.41) is 5.36. The second-order valence-electron chi connectivity index (χ2n) is 9.36. The number of carbonyl (C=O) groups excluding carboxylic acids is 3. The molecule has 2 aromatic rings. The molecule has 4 rings (SSSR count). The van der Waals surface area contributed by atoms with E-state index >= 15 is 0 Å². The van der Waals surface area contributed by atoms with Crippen LogP contribution in [0.25, 0.3) is 0 Å². The van der Waals surface area contributed by atoms with Crippen LogP contribution in [0.5, 0.6) is 0 Å². The van der Waals surface area contributed by atoms with Gasteiger partial charge in [-0.05, 0) is 41.5 Å². The molecule has 0 radical (unpaired) electrons. The summed E-state index contributed by atoms with van der Waals surface area (Å²) in [5.74, 6) is -1.13. The minimum absolute atomic E-state index is 0.143. The predicted octanol–water partition coefficient (Wildman–Crippen LogP) is 3.12. The fourth-order valence-electron chi connectivity index (χ4n) is 4.41. The van der Waals surface area contributed by atoms with Gasteiger partial charge in [-0.2, -0.15) is 0 Å². The summed E-state index contributed by atoms with van der Waals surface area (Å²) in [6, 6.07) is 12.0. The zero-order chi connectivity index (χ0) is 25.1. The first-order valence-corrected chi connectivity index (χ1v) is 11.8. The third-order valence-electron chi connectivity index (χ3n) is 6.46. The molecule has 0 unspecified atom stereocenters. The van der Waals surface area contributed by atoms with Gasteiger partial charge in [-0.3, -0.25) is 9.59 Å². The lowest BCUT2D eigenvalue weighted by Gasteiger charge is -2.27. The van der Waals surface area contributed by atoms with Gasteiger partial charge in [0.15, 0.2) is 0 Å². The van der Waals surface area contributed by atoms with Crippen LogP contribution in [0.4, 0.5) is 13.6 Å². The fourth-order valence-corrected chi connectivity index (χ4v) is 4.41. The molecule has 7 nitrogen and oxygen atoms in total. The Bertz CT molecular complexity index is 1090. The van der Waals surface area contributed by atoms with E-state index in [1.54, 1.807) is 12.1 Å². The van der Waals surface area contributed by atoms with Crippen LogP contribution >= 0.6 is 0 Å². The minimum atomic E-state index is -1.36. The van der Waals surface area contributed by atoms with E-state index in [4.69, 9.17) is 0 Å². The van der Waals surface area contributed by atoms with E-state index in [-0.39, 0.29) is 31.2 Å². The number of amides is 4. The Balaban J connectivity index is 1.53. The first-order chi connectivity index (χ1) is 16.7. The standard InChI is InChI=1S/C26H30F2N4O3/c1-31(2)26(35)29-14-23(33)32-15-19(27)13-22(32)25(34)30-24(17-6-4-3-5-7-17)18-10-11-20(16-8-9-16)21(28)12-18/h3-7,10-12,16,19,22,24H,8-9,13-15H2,1-2H3,(H,29,35)(H,30,34)/t19-,22+,24+/m1/s1. The molecule has 0 spiro atoms. The molecular formula is C26H30F2N4O3. The van der Waals surface area contributed by atoms with Crippen molar-refractivity contribution in [3.63, 3.8) is 0 Å². The van der Waals surface area contributed by atoms with Gasteiger partial charge in [0.2, 0.25) is 11.8 Å².